The number of para-hydroxylation sites is 1. The van der Waals surface area contributed by atoms with Gasteiger partial charge in [0.05, 0.1) is 5.69 Å². The molecule has 6 nitrogen and oxygen atoms in total. The van der Waals surface area contributed by atoms with Crippen LogP contribution in [0.1, 0.15) is 36.0 Å². The van der Waals surface area contributed by atoms with E-state index in [1.165, 1.54) is 0 Å². The molecular formula is C23H22ClN3O3. The summed E-state index contributed by atoms with van der Waals surface area (Å²) in [6.07, 6.45) is 4.39. The maximum Gasteiger partial charge on any atom is 0.283 e. The third-order valence-corrected chi connectivity index (χ3v) is 5.69. The smallest absolute Gasteiger partial charge is 0.283 e. The van der Waals surface area contributed by atoms with Crippen LogP contribution in [0.5, 0.6) is 0 Å². The second-order valence-corrected chi connectivity index (χ2v) is 7.76. The molecule has 0 aliphatic carbocycles. The first-order valence-electron chi connectivity index (χ1n) is 10.1. The molecule has 4 rings (SSSR count). The molecule has 154 valence electrons. The van der Waals surface area contributed by atoms with E-state index in [0.717, 1.165) is 43.7 Å². The number of benzene rings is 2. The second kappa shape index (κ2) is 8.71. The summed E-state index contributed by atoms with van der Waals surface area (Å²) < 4.78 is 0. The van der Waals surface area contributed by atoms with Crippen LogP contribution < -0.4 is 10.2 Å². The molecule has 7 heteroatoms. The fourth-order valence-corrected chi connectivity index (χ4v) is 3.93. The molecule has 0 spiro atoms. The topological polar surface area (TPSA) is 69.7 Å². The molecule has 0 saturated carbocycles. The third kappa shape index (κ3) is 3.96. The SMILES string of the molecule is O=C(c1ccc(NC2=C(Cl)C(=O)N(c3ccccc3)C2=O)cc1)N1CCCCCC1. The van der Waals surface area contributed by atoms with Gasteiger partial charge in [-0.2, -0.15) is 0 Å². The number of nitrogens with one attached hydrogen (secondary N) is 1. The van der Waals surface area contributed by atoms with Gasteiger partial charge in [-0.1, -0.05) is 42.6 Å². The van der Waals surface area contributed by atoms with Crippen molar-refractivity contribution in [1.82, 2.24) is 4.90 Å². The minimum atomic E-state index is -0.566. The average Bonchev–Trinajstić information content (AvgIpc) is 2.97. The van der Waals surface area contributed by atoms with Crippen molar-refractivity contribution in [3.8, 4) is 0 Å². The number of anilines is 2. The van der Waals surface area contributed by atoms with Gasteiger partial charge in [-0.15, -0.1) is 0 Å². The molecule has 30 heavy (non-hydrogen) atoms. The number of likely N-dealkylation sites (tertiary alicyclic amines) is 1. The van der Waals surface area contributed by atoms with Gasteiger partial charge in [0, 0.05) is 24.3 Å². The van der Waals surface area contributed by atoms with Crippen LogP contribution in [0.15, 0.2) is 65.3 Å². The first kappa shape index (κ1) is 20.2. The molecule has 2 aliphatic heterocycles. The Morgan fingerprint density at radius 3 is 2.10 bits per heavy atom. The lowest BCUT2D eigenvalue weighted by atomic mass is 10.1. The molecule has 2 aromatic rings. The summed E-state index contributed by atoms with van der Waals surface area (Å²) in [4.78, 5) is 40.9. The molecule has 1 N–H and O–H groups in total. The fourth-order valence-electron chi connectivity index (χ4n) is 3.72. The Kier molecular flexibility index (Phi) is 5.86. The molecule has 0 unspecified atom stereocenters. The van der Waals surface area contributed by atoms with Crippen molar-refractivity contribution in [1.29, 1.82) is 0 Å². The standard InChI is InChI=1S/C23H22ClN3O3/c24-19-20(23(30)27(22(19)29)18-8-4-3-5-9-18)25-17-12-10-16(11-13-17)21(28)26-14-6-1-2-7-15-26/h3-5,8-13,25H,1-2,6-7,14-15H2. The maximum absolute atomic E-state index is 12.8. The van der Waals surface area contributed by atoms with E-state index < -0.39 is 11.8 Å². The molecule has 2 aromatic carbocycles. The number of amides is 3. The van der Waals surface area contributed by atoms with Crippen LogP contribution in [-0.2, 0) is 9.59 Å². The summed E-state index contributed by atoms with van der Waals surface area (Å²) in [6, 6.07) is 15.5. The highest BCUT2D eigenvalue weighted by Crippen LogP contribution is 2.30. The number of halogens is 1. The van der Waals surface area contributed by atoms with Crippen LogP contribution in [0, 0.1) is 0 Å². The molecule has 2 aliphatic rings. The number of carbonyl (C=O) groups is 3. The lowest BCUT2D eigenvalue weighted by Gasteiger charge is -2.20. The number of hydrogen-bond acceptors (Lipinski definition) is 4. The van der Waals surface area contributed by atoms with Crippen molar-refractivity contribution in [2.24, 2.45) is 0 Å². The van der Waals surface area contributed by atoms with Crippen molar-refractivity contribution in [2.45, 2.75) is 25.7 Å². The Morgan fingerprint density at radius 1 is 0.833 bits per heavy atom. The molecule has 0 aromatic heterocycles. The summed E-state index contributed by atoms with van der Waals surface area (Å²) in [6.45, 7) is 1.57. The summed E-state index contributed by atoms with van der Waals surface area (Å²) in [5.41, 5.74) is 1.66. The van der Waals surface area contributed by atoms with E-state index in [2.05, 4.69) is 5.32 Å². The minimum absolute atomic E-state index is 0.0167. The van der Waals surface area contributed by atoms with Gasteiger partial charge in [0.2, 0.25) is 0 Å². The van der Waals surface area contributed by atoms with Gasteiger partial charge in [-0.3, -0.25) is 14.4 Å². The van der Waals surface area contributed by atoms with E-state index >= 15 is 0 Å². The van der Waals surface area contributed by atoms with E-state index in [-0.39, 0.29) is 16.6 Å². The normalized spacial score (nSPS) is 17.4. The van der Waals surface area contributed by atoms with Crippen molar-refractivity contribution in [3.63, 3.8) is 0 Å². The Balaban J connectivity index is 1.48. The number of hydrogen-bond donors (Lipinski definition) is 1. The molecule has 0 radical (unpaired) electrons. The summed E-state index contributed by atoms with van der Waals surface area (Å²) >= 11 is 6.16. The largest absolute Gasteiger partial charge is 0.350 e. The molecule has 1 fully saturated rings. The summed E-state index contributed by atoms with van der Waals surface area (Å²) in [7, 11) is 0. The molecular weight excluding hydrogens is 402 g/mol. The van der Waals surface area contributed by atoms with Crippen LogP contribution in [0.4, 0.5) is 11.4 Å². The monoisotopic (exact) mass is 423 g/mol. The van der Waals surface area contributed by atoms with Crippen LogP contribution >= 0.6 is 11.6 Å². The highest BCUT2D eigenvalue weighted by Gasteiger charge is 2.38. The van der Waals surface area contributed by atoms with E-state index in [0.29, 0.717) is 16.9 Å². The van der Waals surface area contributed by atoms with Gasteiger partial charge in [-0.25, -0.2) is 4.90 Å². The highest BCUT2D eigenvalue weighted by atomic mass is 35.5. The second-order valence-electron chi connectivity index (χ2n) is 7.38. The van der Waals surface area contributed by atoms with E-state index in [1.807, 2.05) is 4.90 Å². The zero-order valence-corrected chi connectivity index (χ0v) is 17.2. The van der Waals surface area contributed by atoms with Crippen LogP contribution in [-0.4, -0.2) is 35.7 Å². The van der Waals surface area contributed by atoms with Crippen molar-refractivity contribution >= 4 is 40.7 Å². The van der Waals surface area contributed by atoms with Crippen LogP contribution in [0.2, 0.25) is 0 Å². The summed E-state index contributed by atoms with van der Waals surface area (Å²) in [5, 5.41) is 2.78. The molecule has 3 amide bonds. The van der Waals surface area contributed by atoms with E-state index in [4.69, 9.17) is 11.6 Å². The number of nitrogens with zero attached hydrogens (tertiary/aromatic N) is 2. The van der Waals surface area contributed by atoms with Gasteiger partial charge >= 0.3 is 0 Å². The number of rotatable bonds is 4. The summed E-state index contributed by atoms with van der Waals surface area (Å²) in [5.74, 6) is -1.06. The predicted octanol–water partition coefficient (Wildman–Crippen LogP) is 4.14. The Hall–Kier alpha value is -3.12. The van der Waals surface area contributed by atoms with Gasteiger partial charge in [-0.05, 0) is 49.2 Å². The first-order chi connectivity index (χ1) is 14.6. The Labute approximate surface area is 180 Å². The molecule has 0 bridgehead atoms. The third-order valence-electron chi connectivity index (χ3n) is 5.34. The van der Waals surface area contributed by atoms with Gasteiger partial charge in [0.25, 0.3) is 17.7 Å². The molecule has 2 heterocycles. The van der Waals surface area contributed by atoms with Gasteiger partial charge in [0.15, 0.2) is 0 Å². The lowest BCUT2D eigenvalue weighted by molar-refractivity contribution is -0.120. The zero-order valence-electron chi connectivity index (χ0n) is 16.4. The maximum atomic E-state index is 12.8. The Morgan fingerprint density at radius 2 is 1.47 bits per heavy atom. The molecule has 1 saturated heterocycles. The highest BCUT2D eigenvalue weighted by molar-refractivity contribution is 6.53. The van der Waals surface area contributed by atoms with Crippen molar-refractivity contribution in [2.75, 3.05) is 23.3 Å². The zero-order chi connectivity index (χ0) is 21.1. The van der Waals surface area contributed by atoms with Crippen molar-refractivity contribution < 1.29 is 14.4 Å². The van der Waals surface area contributed by atoms with Crippen LogP contribution in [0.3, 0.4) is 0 Å². The quantitative estimate of drug-likeness (QED) is 0.750. The molecule has 0 atom stereocenters. The van der Waals surface area contributed by atoms with E-state index in [1.54, 1.807) is 54.6 Å². The van der Waals surface area contributed by atoms with Crippen LogP contribution in [0.25, 0.3) is 0 Å². The van der Waals surface area contributed by atoms with Crippen molar-refractivity contribution in [3.05, 3.63) is 70.9 Å². The lowest BCUT2D eigenvalue weighted by Crippen LogP contribution is -2.32. The minimum Gasteiger partial charge on any atom is -0.350 e. The van der Waals surface area contributed by atoms with E-state index in [9.17, 15) is 14.4 Å². The predicted molar refractivity (Wildman–Crippen MR) is 116 cm³/mol. The van der Waals surface area contributed by atoms with Gasteiger partial charge in [0.1, 0.15) is 10.7 Å². The van der Waals surface area contributed by atoms with Gasteiger partial charge < -0.3 is 10.2 Å². The average molecular weight is 424 g/mol. The number of imide groups is 1. The fraction of sp³-hybridized carbons (Fsp3) is 0.261. The number of carbonyl (C=O) groups excluding carboxylic acids is 3. The first-order valence-corrected chi connectivity index (χ1v) is 10.4. The Bertz CT molecular complexity index is 994.